The van der Waals surface area contributed by atoms with Crippen LogP contribution in [0.1, 0.15) is 19.3 Å². The average molecular weight is 273 g/mol. The van der Waals surface area contributed by atoms with E-state index in [0.717, 1.165) is 0 Å². The maximum Gasteiger partial charge on any atom is 0.326 e. The van der Waals surface area contributed by atoms with Crippen LogP contribution in [0.2, 0.25) is 0 Å². The number of carbonyl (C=O) groups excluding carboxylic acids is 2. The molecule has 1 aliphatic rings. The number of urea groups is 1. The molecule has 1 atom stereocenters. The Kier molecular flexibility index (Phi) is 5.56. The summed E-state index contributed by atoms with van der Waals surface area (Å²) in [6.45, 7) is 0.413. The zero-order valence-electron chi connectivity index (χ0n) is 10.5. The molecule has 1 heterocycles. The van der Waals surface area contributed by atoms with Gasteiger partial charge in [0.25, 0.3) is 0 Å². The molecule has 1 saturated heterocycles. The van der Waals surface area contributed by atoms with Gasteiger partial charge in [0.05, 0.1) is 0 Å². The number of carbonyl (C=O) groups is 3. The van der Waals surface area contributed by atoms with Crippen molar-refractivity contribution in [3.8, 4) is 0 Å². The lowest BCUT2D eigenvalue weighted by Crippen LogP contribution is -2.51. The number of aliphatic hydroxyl groups excluding tert-OH is 1. The van der Waals surface area contributed by atoms with Crippen LogP contribution < -0.4 is 11.1 Å². The Morgan fingerprint density at radius 2 is 1.89 bits per heavy atom. The number of carboxylic acid groups (broad SMARTS) is 1. The van der Waals surface area contributed by atoms with Gasteiger partial charge >= 0.3 is 12.0 Å². The van der Waals surface area contributed by atoms with E-state index in [2.05, 4.69) is 5.32 Å². The molecule has 8 heteroatoms. The summed E-state index contributed by atoms with van der Waals surface area (Å²) in [7, 11) is 0. The van der Waals surface area contributed by atoms with Crippen LogP contribution >= 0.6 is 0 Å². The Hall–Kier alpha value is -1.83. The molecule has 1 unspecified atom stereocenters. The first-order chi connectivity index (χ1) is 8.95. The van der Waals surface area contributed by atoms with Gasteiger partial charge in [0, 0.05) is 32.0 Å². The maximum absolute atomic E-state index is 11.8. The first-order valence-corrected chi connectivity index (χ1v) is 6.14. The van der Waals surface area contributed by atoms with E-state index < -0.39 is 18.0 Å². The third-order valence-electron chi connectivity index (χ3n) is 3.20. The van der Waals surface area contributed by atoms with Gasteiger partial charge in [-0.15, -0.1) is 0 Å². The molecule has 3 amide bonds. The number of likely N-dealkylation sites (tertiary alicyclic amines) is 1. The number of carboxylic acids is 1. The summed E-state index contributed by atoms with van der Waals surface area (Å²) < 4.78 is 0. The molecule has 0 aromatic carbocycles. The predicted molar refractivity (Wildman–Crippen MR) is 65.1 cm³/mol. The minimum atomic E-state index is -1.19. The number of primary amides is 1. The zero-order chi connectivity index (χ0) is 14.4. The highest BCUT2D eigenvalue weighted by Gasteiger charge is 2.28. The Bertz CT molecular complexity index is 352. The Morgan fingerprint density at radius 3 is 2.32 bits per heavy atom. The van der Waals surface area contributed by atoms with Crippen LogP contribution in [-0.4, -0.2) is 58.8 Å². The van der Waals surface area contributed by atoms with Crippen molar-refractivity contribution in [3.05, 3.63) is 0 Å². The third kappa shape index (κ3) is 4.40. The van der Waals surface area contributed by atoms with Crippen molar-refractivity contribution in [1.29, 1.82) is 0 Å². The number of amides is 3. The van der Waals surface area contributed by atoms with Gasteiger partial charge in [-0.05, 0) is 12.8 Å². The fourth-order valence-electron chi connectivity index (χ4n) is 1.99. The van der Waals surface area contributed by atoms with Crippen molar-refractivity contribution in [2.45, 2.75) is 25.3 Å². The van der Waals surface area contributed by atoms with Crippen LogP contribution in [0.5, 0.6) is 0 Å². The number of nitrogens with one attached hydrogen (secondary N) is 1. The van der Waals surface area contributed by atoms with Gasteiger partial charge < -0.3 is 26.2 Å². The van der Waals surface area contributed by atoms with Crippen molar-refractivity contribution in [1.82, 2.24) is 10.2 Å². The van der Waals surface area contributed by atoms with E-state index in [-0.39, 0.29) is 24.9 Å². The lowest BCUT2D eigenvalue weighted by molar-refractivity contribution is -0.139. The number of nitrogens with zero attached hydrogens (tertiary/aromatic N) is 1. The molecule has 0 saturated carbocycles. The fourth-order valence-corrected chi connectivity index (χ4v) is 1.99. The van der Waals surface area contributed by atoms with E-state index in [1.807, 2.05) is 0 Å². The number of rotatable bonds is 5. The normalized spacial score (nSPS) is 17.8. The van der Waals surface area contributed by atoms with Gasteiger partial charge in [0.1, 0.15) is 6.04 Å². The van der Waals surface area contributed by atoms with Gasteiger partial charge in [-0.3, -0.25) is 4.79 Å². The molecule has 0 radical (unpaired) electrons. The maximum atomic E-state index is 11.8. The average Bonchev–Trinajstić information content (AvgIpc) is 2.38. The summed E-state index contributed by atoms with van der Waals surface area (Å²) in [5.41, 5.74) is 5.19. The number of piperidine rings is 1. The highest BCUT2D eigenvalue weighted by atomic mass is 16.4. The van der Waals surface area contributed by atoms with Gasteiger partial charge in [-0.25, -0.2) is 9.59 Å². The summed E-state index contributed by atoms with van der Waals surface area (Å²) in [6.07, 6.45) is 0.930. The predicted octanol–water partition coefficient (Wildman–Crippen LogP) is -1.27. The van der Waals surface area contributed by atoms with E-state index in [1.54, 1.807) is 0 Å². The smallest absolute Gasteiger partial charge is 0.326 e. The molecule has 8 nitrogen and oxygen atoms in total. The van der Waals surface area contributed by atoms with Gasteiger partial charge in [-0.1, -0.05) is 0 Å². The molecule has 1 rings (SSSR count). The number of nitrogens with two attached hydrogens (primary N) is 1. The highest BCUT2D eigenvalue weighted by molar-refractivity contribution is 5.83. The van der Waals surface area contributed by atoms with Crippen LogP contribution in [0.4, 0.5) is 4.79 Å². The second-order valence-corrected chi connectivity index (χ2v) is 4.52. The summed E-state index contributed by atoms with van der Waals surface area (Å²) in [6, 6.07) is -1.60. The molecule has 0 bridgehead atoms. The first-order valence-electron chi connectivity index (χ1n) is 6.14. The SMILES string of the molecule is NC(=O)C1CCN(C(=O)NC(CCO)C(=O)O)CC1. The highest BCUT2D eigenvalue weighted by Crippen LogP contribution is 2.16. The van der Waals surface area contributed by atoms with Gasteiger partial charge in [0.2, 0.25) is 5.91 Å². The Morgan fingerprint density at radius 1 is 1.32 bits per heavy atom. The van der Waals surface area contributed by atoms with Crippen LogP contribution in [-0.2, 0) is 9.59 Å². The lowest BCUT2D eigenvalue weighted by atomic mass is 9.96. The fraction of sp³-hybridized carbons (Fsp3) is 0.727. The van der Waals surface area contributed by atoms with Crippen molar-refractivity contribution >= 4 is 17.9 Å². The number of aliphatic hydroxyl groups is 1. The molecule has 19 heavy (non-hydrogen) atoms. The van der Waals surface area contributed by atoms with E-state index in [4.69, 9.17) is 15.9 Å². The topological polar surface area (TPSA) is 133 Å². The van der Waals surface area contributed by atoms with Crippen LogP contribution in [0.3, 0.4) is 0 Å². The van der Waals surface area contributed by atoms with E-state index in [9.17, 15) is 14.4 Å². The molecule has 1 aliphatic heterocycles. The van der Waals surface area contributed by atoms with Gasteiger partial charge in [-0.2, -0.15) is 0 Å². The lowest BCUT2D eigenvalue weighted by Gasteiger charge is -2.31. The first kappa shape index (κ1) is 15.2. The minimum absolute atomic E-state index is 0.0428. The second kappa shape index (κ2) is 6.93. The standard InChI is InChI=1S/C11H19N3O5/c12-9(16)7-1-4-14(5-2-7)11(19)13-8(3-6-15)10(17)18/h7-8,15H,1-6H2,(H2,12,16)(H,13,19)(H,17,18). The van der Waals surface area contributed by atoms with E-state index >= 15 is 0 Å². The third-order valence-corrected chi connectivity index (χ3v) is 3.20. The van der Waals surface area contributed by atoms with Crippen molar-refractivity contribution < 1.29 is 24.6 Å². The quantitative estimate of drug-likeness (QED) is 0.495. The largest absolute Gasteiger partial charge is 0.480 e. The molecule has 0 aromatic rings. The molecular weight excluding hydrogens is 254 g/mol. The Balaban J connectivity index is 2.46. The van der Waals surface area contributed by atoms with Crippen molar-refractivity contribution in [2.75, 3.05) is 19.7 Å². The summed E-state index contributed by atoms with van der Waals surface area (Å²) in [4.78, 5) is 35.1. The minimum Gasteiger partial charge on any atom is -0.480 e. The second-order valence-electron chi connectivity index (χ2n) is 4.52. The van der Waals surface area contributed by atoms with Crippen molar-refractivity contribution in [2.24, 2.45) is 11.7 Å². The summed E-state index contributed by atoms with van der Waals surface area (Å²) >= 11 is 0. The molecule has 1 fully saturated rings. The monoisotopic (exact) mass is 273 g/mol. The zero-order valence-corrected chi connectivity index (χ0v) is 10.5. The molecule has 108 valence electrons. The number of hydrogen-bond donors (Lipinski definition) is 4. The van der Waals surface area contributed by atoms with Crippen LogP contribution in [0.15, 0.2) is 0 Å². The Labute approximate surface area is 110 Å². The van der Waals surface area contributed by atoms with Gasteiger partial charge in [0.15, 0.2) is 0 Å². The summed E-state index contributed by atoms with van der Waals surface area (Å²) in [5, 5.41) is 19.9. The van der Waals surface area contributed by atoms with Crippen molar-refractivity contribution in [3.63, 3.8) is 0 Å². The molecule has 0 aliphatic carbocycles. The van der Waals surface area contributed by atoms with Crippen LogP contribution in [0.25, 0.3) is 0 Å². The number of aliphatic carboxylic acids is 1. The van der Waals surface area contributed by atoms with Crippen LogP contribution in [0, 0.1) is 5.92 Å². The molecule has 0 aromatic heterocycles. The molecular formula is C11H19N3O5. The molecule has 5 N–H and O–H groups in total. The van der Waals surface area contributed by atoms with E-state index in [0.29, 0.717) is 25.9 Å². The number of hydrogen-bond acceptors (Lipinski definition) is 4. The summed E-state index contributed by atoms with van der Waals surface area (Å²) in [5.74, 6) is -1.78. The van der Waals surface area contributed by atoms with E-state index in [1.165, 1.54) is 4.90 Å². The molecule has 0 spiro atoms.